The third-order valence-corrected chi connectivity index (χ3v) is 13.6. The van der Waals surface area contributed by atoms with Gasteiger partial charge in [0.1, 0.15) is 46.7 Å². The van der Waals surface area contributed by atoms with Crippen LogP contribution in [-0.4, -0.2) is 97.0 Å². The number of nitrogens with one attached hydrogen (secondary N) is 3. The molecule has 9 rings (SSSR count). The zero-order valence-corrected chi connectivity index (χ0v) is 32.4. The first-order chi connectivity index (χ1) is 28.0. The lowest BCUT2D eigenvalue weighted by Gasteiger charge is -2.29. The van der Waals surface area contributed by atoms with E-state index < -0.39 is 74.5 Å². The lowest BCUT2D eigenvalue weighted by molar-refractivity contribution is -0.142. The van der Waals surface area contributed by atoms with Crippen LogP contribution < -0.4 is 20.1 Å². The molecule has 17 heteroatoms. The molecule has 0 unspecified atom stereocenters. The normalized spacial score (nSPS) is 27.6. The van der Waals surface area contributed by atoms with Crippen LogP contribution in [0.1, 0.15) is 64.2 Å². The fourth-order valence-electron chi connectivity index (χ4n) is 8.43. The van der Waals surface area contributed by atoms with E-state index in [1.165, 1.54) is 23.1 Å². The van der Waals surface area contributed by atoms with Crippen molar-refractivity contribution < 1.29 is 50.6 Å². The topological polar surface area (TPSA) is 195 Å². The third-order valence-electron chi connectivity index (χ3n) is 11.8. The van der Waals surface area contributed by atoms with Crippen LogP contribution in [0.15, 0.2) is 59.0 Å². The van der Waals surface area contributed by atoms with Gasteiger partial charge in [0.2, 0.25) is 21.8 Å². The van der Waals surface area contributed by atoms with Crippen molar-refractivity contribution in [3.63, 3.8) is 0 Å². The Balaban J connectivity index is 1.06. The second kappa shape index (κ2) is 15.1. The molecule has 2 aliphatic heterocycles. The van der Waals surface area contributed by atoms with E-state index in [0.717, 1.165) is 12.8 Å². The number of furan rings is 1. The molecule has 1 saturated heterocycles. The van der Waals surface area contributed by atoms with Gasteiger partial charge in [0.05, 0.1) is 23.9 Å². The monoisotopic (exact) mass is 817 g/mol. The first kappa shape index (κ1) is 38.2. The summed E-state index contributed by atoms with van der Waals surface area (Å²) < 4.78 is 67.2. The van der Waals surface area contributed by atoms with Crippen molar-refractivity contribution in [3.8, 4) is 5.75 Å². The van der Waals surface area contributed by atoms with Crippen LogP contribution in [0.2, 0.25) is 0 Å². The fourth-order valence-corrected chi connectivity index (χ4v) is 9.79. The highest BCUT2D eigenvalue weighted by atomic mass is 32.2. The number of carbonyl (C=O) groups is 4. The van der Waals surface area contributed by atoms with Crippen LogP contribution in [-0.2, 0) is 33.9 Å². The zero-order valence-electron chi connectivity index (χ0n) is 31.6. The van der Waals surface area contributed by atoms with Gasteiger partial charge in [-0.2, -0.15) is 0 Å². The van der Waals surface area contributed by atoms with Crippen molar-refractivity contribution >= 4 is 66.8 Å². The Bertz CT molecular complexity index is 2450. The number of hydrogen-bond donors (Lipinski definition) is 3. The molecule has 4 aromatic rings. The Morgan fingerprint density at radius 3 is 2.64 bits per heavy atom. The predicted octanol–water partition coefficient (Wildman–Crippen LogP) is 4.51. The van der Waals surface area contributed by atoms with Gasteiger partial charge in [0, 0.05) is 29.7 Å². The molecule has 5 aliphatic rings. The SMILES string of the molecule is O=C(N[C@@H]1COCCC/C=C\[C@@H]2C[C@@]2(C(=O)NS(=O)(=O)C2CC2)NC(=O)[C@@H]2C[C@H](Oc3c4cc(F)ccc4nc4c3oc3ccccc34)CN2C1=O)OC1CCCC1. The Morgan fingerprint density at radius 2 is 1.83 bits per heavy atom. The van der Waals surface area contributed by atoms with E-state index >= 15 is 0 Å². The highest BCUT2D eigenvalue weighted by Gasteiger charge is 2.62. The number of nitrogens with zero attached hydrogens (tertiary/aromatic N) is 2. The molecule has 0 radical (unpaired) electrons. The number of fused-ring (bicyclic) bond motifs is 6. The van der Waals surface area contributed by atoms with E-state index in [9.17, 15) is 32.0 Å². The fraction of sp³-hybridized carbons (Fsp3) is 0.488. The van der Waals surface area contributed by atoms with Crippen molar-refractivity contribution in [2.75, 3.05) is 19.8 Å². The van der Waals surface area contributed by atoms with Crippen LogP contribution in [0.3, 0.4) is 0 Å². The third kappa shape index (κ3) is 7.45. The van der Waals surface area contributed by atoms with Crippen molar-refractivity contribution in [3.05, 3.63) is 60.4 Å². The zero-order chi connectivity index (χ0) is 40.2. The van der Waals surface area contributed by atoms with E-state index in [1.807, 2.05) is 24.3 Å². The van der Waals surface area contributed by atoms with Gasteiger partial charge in [0.15, 0.2) is 11.3 Å². The number of allylic oxidation sites excluding steroid dienone is 1. The molecule has 58 heavy (non-hydrogen) atoms. The van der Waals surface area contributed by atoms with Gasteiger partial charge >= 0.3 is 6.09 Å². The summed E-state index contributed by atoms with van der Waals surface area (Å²) in [4.78, 5) is 62.2. The molecule has 15 nitrogen and oxygen atoms in total. The summed E-state index contributed by atoms with van der Waals surface area (Å²) in [5, 5.41) is 5.88. The first-order valence-corrected chi connectivity index (χ1v) is 21.5. The largest absolute Gasteiger partial charge is 0.484 e. The van der Waals surface area contributed by atoms with Crippen molar-refractivity contribution in [2.45, 2.75) is 99.3 Å². The second-order valence-electron chi connectivity index (χ2n) is 16.0. The Labute approximate surface area is 333 Å². The Kier molecular flexibility index (Phi) is 9.98. The van der Waals surface area contributed by atoms with Crippen molar-refractivity contribution in [2.24, 2.45) is 5.92 Å². The van der Waals surface area contributed by atoms with Crippen LogP contribution in [0.25, 0.3) is 33.0 Å². The molecular weight excluding hydrogens is 774 g/mol. The summed E-state index contributed by atoms with van der Waals surface area (Å²) in [6.45, 7) is -0.123. The molecule has 5 atom stereocenters. The van der Waals surface area contributed by atoms with Gasteiger partial charge in [-0.1, -0.05) is 24.3 Å². The Hall–Kier alpha value is -5.29. The molecular formula is C41H44FN5O10S. The van der Waals surface area contributed by atoms with Crippen LogP contribution in [0.4, 0.5) is 9.18 Å². The maximum Gasteiger partial charge on any atom is 0.408 e. The lowest BCUT2D eigenvalue weighted by Crippen LogP contribution is -2.59. The molecule has 0 spiro atoms. The summed E-state index contributed by atoms with van der Waals surface area (Å²) in [7, 11) is -3.95. The number of para-hydroxylation sites is 1. The number of carbonyl (C=O) groups excluding carboxylic acids is 4. The van der Waals surface area contributed by atoms with Gasteiger partial charge in [-0.3, -0.25) is 19.1 Å². The smallest absolute Gasteiger partial charge is 0.408 e. The molecule has 306 valence electrons. The number of rotatable bonds is 7. The maximum atomic E-state index is 14.8. The summed E-state index contributed by atoms with van der Waals surface area (Å²) >= 11 is 0. The quantitative estimate of drug-likeness (QED) is 0.222. The number of hydrogen-bond acceptors (Lipinski definition) is 11. The minimum atomic E-state index is -3.95. The summed E-state index contributed by atoms with van der Waals surface area (Å²) in [6.07, 6.45) is 7.04. The number of sulfonamides is 1. The van der Waals surface area contributed by atoms with Crippen molar-refractivity contribution in [1.29, 1.82) is 0 Å². The minimum absolute atomic E-state index is 0.0862. The van der Waals surface area contributed by atoms with E-state index in [2.05, 4.69) is 15.4 Å². The molecule has 4 amide bonds. The van der Waals surface area contributed by atoms with Crippen molar-refractivity contribution in [1.82, 2.24) is 25.2 Å². The number of halogens is 1. The lowest BCUT2D eigenvalue weighted by atomic mass is 10.1. The van der Waals surface area contributed by atoms with Gasteiger partial charge < -0.3 is 34.2 Å². The van der Waals surface area contributed by atoms with E-state index in [4.69, 9.17) is 23.6 Å². The maximum absolute atomic E-state index is 14.8. The number of ether oxygens (including phenoxy) is 3. The molecule has 3 N–H and O–H groups in total. The number of benzene rings is 2. The number of alkyl carbamates (subject to hydrolysis) is 1. The van der Waals surface area contributed by atoms with Crippen LogP contribution in [0, 0.1) is 11.7 Å². The van der Waals surface area contributed by atoms with Crippen LogP contribution >= 0.6 is 0 Å². The number of aromatic nitrogens is 1. The summed E-state index contributed by atoms with van der Waals surface area (Å²) in [6, 6.07) is 8.87. The van der Waals surface area contributed by atoms with E-state index in [0.29, 0.717) is 65.9 Å². The molecule has 2 aromatic carbocycles. The summed E-state index contributed by atoms with van der Waals surface area (Å²) in [5.41, 5.74) is 0.110. The Morgan fingerprint density at radius 1 is 1.02 bits per heavy atom. The second-order valence-corrected chi connectivity index (χ2v) is 17.9. The van der Waals surface area contributed by atoms with Crippen LogP contribution in [0.5, 0.6) is 5.75 Å². The molecule has 3 saturated carbocycles. The molecule has 4 fully saturated rings. The van der Waals surface area contributed by atoms with Gasteiger partial charge in [-0.05, 0) is 88.1 Å². The average molecular weight is 818 g/mol. The molecule has 0 bridgehead atoms. The van der Waals surface area contributed by atoms with Gasteiger partial charge in [0.25, 0.3) is 5.91 Å². The van der Waals surface area contributed by atoms with E-state index in [1.54, 1.807) is 12.1 Å². The number of pyridine rings is 1. The summed E-state index contributed by atoms with van der Waals surface area (Å²) in [5.74, 6) is -3.08. The highest BCUT2D eigenvalue weighted by Crippen LogP contribution is 2.46. The minimum Gasteiger partial charge on any atom is -0.484 e. The standard InChI is InChI=1S/C41H44FN5O10S/c42-24-13-16-30-29(18-24)35(36-34(43-30)28-11-5-6-12-33(28)57-36)55-26-19-32-37(48)45-41(39(50)46-58(52,53)27-14-15-27)20-23(41)8-2-1-7-17-54-22-31(38(49)47(32)21-26)44-40(51)56-25-9-3-4-10-25/h2,5-6,8,11-13,16,18,23,25-27,31-32H,1,3-4,7,9-10,14-15,17,19-22H2,(H,44,51)(H,45,48)(H,46,50)/b8-2-/t23-,26+,31-,32+,41-/m1/s1. The highest BCUT2D eigenvalue weighted by molar-refractivity contribution is 7.91. The molecule has 2 aromatic heterocycles. The van der Waals surface area contributed by atoms with Gasteiger partial charge in [-0.25, -0.2) is 22.6 Å². The van der Waals surface area contributed by atoms with E-state index in [-0.39, 0.29) is 50.0 Å². The predicted molar refractivity (Wildman–Crippen MR) is 207 cm³/mol. The average Bonchev–Trinajstić information content (AvgIpc) is 4.01. The first-order valence-electron chi connectivity index (χ1n) is 20.0. The van der Waals surface area contributed by atoms with Gasteiger partial charge in [-0.15, -0.1) is 0 Å². The number of amides is 4. The molecule has 3 aliphatic carbocycles. The molecule has 4 heterocycles.